The molecule has 0 fully saturated rings. The van der Waals surface area contributed by atoms with Crippen LogP contribution >= 0.6 is 0 Å². The number of carbonyl (C=O) groups is 1. The van der Waals surface area contributed by atoms with Gasteiger partial charge in [0.05, 0.1) is 35.1 Å². The van der Waals surface area contributed by atoms with Crippen molar-refractivity contribution in [2.24, 2.45) is 0 Å². The largest absolute Gasteiger partial charge is 0.495 e. The SMILES string of the molecule is COc1cc[nH]c1/C=C1/C(=O)Nc2ccc3nccnc3c21. The van der Waals surface area contributed by atoms with E-state index in [1.165, 1.54) is 0 Å². The summed E-state index contributed by atoms with van der Waals surface area (Å²) in [4.78, 5) is 24.0. The van der Waals surface area contributed by atoms with Gasteiger partial charge in [-0.2, -0.15) is 0 Å². The predicted octanol–water partition coefficient (Wildman–Crippen LogP) is 2.46. The number of aromatic amines is 1. The number of nitrogens with one attached hydrogen (secondary N) is 2. The van der Waals surface area contributed by atoms with Crippen molar-refractivity contribution in [3.05, 3.63) is 48.0 Å². The van der Waals surface area contributed by atoms with Crippen molar-refractivity contribution in [2.75, 3.05) is 12.4 Å². The van der Waals surface area contributed by atoms with Gasteiger partial charge >= 0.3 is 0 Å². The van der Waals surface area contributed by atoms with Crippen molar-refractivity contribution in [3.8, 4) is 5.75 Å². The lowest BCUT2D eigenvalue weighted by molar-refractivity contribution is -0.110. The molecule has 0 spiro atoms. The van der Waals surface area contributed by atoms with Crippen molar-refractivity contribution in [1.29, 1.82) is 0 Å². The van der Waals surface area contributed by atoms with Gasteiger partial charge in [-0.3, -0.25) is 14.8 Å². The lowest BCUT2D eigenvalue weighted by Crippen LogP contribution is -2.03. The first-order valence-corrected chi connectivity index (χ1v) is 6.76. The number of aromatic nitrogens is 3. The molecule has 0 saturated carbocycles. The minimum atomic E-state index is -0.162. The van der Waals surface area contributed by atoms with E-state index >= 15 is 0 Å². The number of amides is 1. The van der Waals surface area contributed by atoms with Gasteiger partial charge in [0.25, 0.3) is 5.91 Å². The second-order valence-corrected chi connectivity index (χ2v) is 4.88. The molecule has 0 aliphatic carbocycles. The molecule has 3 aromatic rings. The first kappa shape index (κ1) is 12.6. The molecule has 0 unspecified atom stereocenters. The highest BCUT2D eigenvalue weighted by Gasteiger charge is 2.27. The van der Waals surface area contributed by atoms with Gasteiger partial charge in [0.15, 0.2) is 0 Å². The molecule has 4 rings (SSSR count). The number of hydrogen-bond donors (Lipinski definition) is 2. The van der Waals surface area contributed by atoms with Crippen LogP contribution in [0.1, 0.15) is 11.3 Å². The number of nitrogens with zero attached hydrogens (tertiary/aromatic N) is 2. The number of H-pyrrole nitrogens is 1. The van der Waals surface area contributed by atoms with Crippen molar-refractivity contribution in [3.63, 3.8) is 0 Å². The fraction of sp³-hybridized carbons (Fsp3) is 0.0625. The summed E-state index contributed by atoms with van der Waals surface area (Å²) >= 11 is 0. The van der Waals surface area contributed by atoms with Gasteiger partial charge in [-0.05, 0) is 24.3 Å². The van der Waals surface area contributed by atoms with Crippen LogP contribution < -0.4 is 10.1 Å². The normalized spacial score (nSPS) is 15.1. The molecule has 6 heteroatoms. The molecule has 6 nitrogen and oxygen atoms in total. The number of rotatable bonds is 2. The summed E-state index contributed by atoms with van der Waals surface area (Å²) in [5.74, 6) is 0.518. The van der Waals surface area contributed by atoms with Gasteiger partial charge in [0.1, 0.15) is 5.75 Å². The molecule has 22 heavy (non-hydrogen) atoms. The molecule has 108 valence electrons. The third-order valence-electron chi connectivity index (χ3n) is 3.65. The van der Waals surface area contributed by atoms with E-state index in [2.05, 4.69) is 20.3 Å². The van der Waals surface area contributed by atoms with Crippen LogP contribution in [0.15, 0.2) is 36.8 Å². The number of anilines is 1. The van der Waals surface area contributed by atoms with E-state index in [1.54, 1.807) is 31.8 Å². The molecule has 1 amide bonds. The molecule has 1 aliphatic rings. The van der Waals surface area contributed by atoms with Crippen molar-refractivity contribution >= 4 is 34.3 Å². The van der Waals surface area contributed by atoms with Gasteiger partial charge in [-0.25, -0.2) is 0 Å². The molecule has 1 aliphatic heterocycles. The summed E-state index contributed by atoms with van der Waals surface area (Å²) in [5.41, 5.74) is 4.25. The van der Waals surface area contributed by atoms with E-state index in [0.717, 1.165) is 22.5 Å². The van der Waals surface area contributed by atoms with Crippen molar-refractivity contribution in [1.82, 2.24) is 15.0 Å². The van der Waals surface area contributed by atoms with Crippen molar-refractivity contribution in [2.45, 2.75) is 0 Å². The number of hydrogen-bond acceptors (Lipinski definition) is 4. The molecule has 0 bridgehead atoms. The second kappa shape index (κ2) is 4.70. The van der Waals surface area contributed by atoms with Crippen LogP contribution in [0.25, 0.3) is 22.7 Å². The fourth-order valence-electron chi connectivity index (χ4n) is 2.66. The zero-order valence-electron chi connectivity index (χ0n) is 11.8. The van der Waals surface area contributed by atoms with E-state index in [9.17, 15) is 4.79 Å². The minimum absolute atomic E-state index is 0.162. The van der Waals surface area contributed by atoms with Gasteiger partial charge in [-0.1, -0.05) is 0 Å². The van der Waals surface area contributed by atoms with Gasteiger partial charge in [-0.15, -0.1) is 0 Å². The van der Waals surface area contributed by atoms with Crippen LogP contribution in [0, 0.1) is 0 Å². The Kier molecular flexibility index (Phi) is 2.69. The van der Waals surface area contributed by atoms with E-state index < -0.39 is 0 Å². The maximum atomic E-state index is 12.3. The highest BCUT2D eigenvalue weighted by Crippen LogP contribution is 2.37. The van der Waals surface area contributed by atoms with Gasteiger partial charge < -0.3 is 15.0 Å². The molecule has 3 heterocycles. The minimum Gasteiger partial charge on any atom is -0.495 e. The molecule has 0 radical (unpaired) electrons. The Morgan fingerprint density at radius 3 is 2.91 bits per heavy atom. The second-order valence-electron chi connectivity index (χ2n) is 4.88. The standard InChI is InChI=1S/C16H12N4O2/c1-22-13-4-5-17-12(13)8-9-14-10(20-16(9)21)2-3-11-15(14)19-7-6-18-11/h2-8,17H,1H3,(H,20,21)/b9-8+. The molecular formula is C16H12N4O2. The summed E-state index contributed by atoms with van der Waals surface area (Å²) in [7, 11) is 1.59. The summed E-state index contributed by atoms with van der Waals surface area (Å²) in [6.07, 6.45) is 6.80. The quantitative estimate of drug-likeness (QED) is 0.711. The number of ether oxygens (including phenoxy) is 1. The highest BCUT2D eigenvalue weighted by molar-refractivity contribution is 6.37. The lowest BCUT2D eigenvalue weighted by Gasteiger charge is -2.03. The smallest absolute Gasteiger partial charge is 0.256 e. The number of carbonyl (C=O) groups excluding carboxylic acids is 1. The van der Waals surface area contributed by atoms with Crippen LogP contribution in [0.4, 0.5) is 5.69 Å². The van der Waals surface area contributed by atoms with Crippen LogP contribution in [0.2, 0.25) is 0 Å². The van der Waals surface area contributed by atoms with Gasteiger partial charge in [0.2, 0.25) is 0 Å². The Hall–Kier alpha value is -3.15. The maximum absolute atomic E-state index is 12.3. The first-order valence-electron chi connectivity index (χ1n) is 6.76. The summed E-state index contributed by atoms with van der Waals surface area (Å²) in [6.45, 7) is 0. The number of methoxy groups -OCH3 is 1. The third kappa shape index (κ3) is 1.77. The van der Waals surface area contributed by atoms with Crippen LogP contribution in [0.5, 0.6) is 5.75 Å². The third-order valence-corrected chi connectivity index (χ3v) is 3.65. The fourth-order valence-corrected chi connectivity index (χ4v) is 2.66. The Morgan fingerprint density at radius 2 is 2.05 bits per heavy atom. The van der Waals surface area contributed by atoms with E-state index in [-0.39, 0.29) is 5.91 Å². The Morgan fingerprint density at radius 1 is 1.18 bits per heavy atom. The zero-order chi connectivity index (χ0) is 15.1. The van der Waals surface area contributed by atoms with Crippen LogP contribution in [-0.4, -0.2) is 28.0 Å². The number of fused-ring (bicyclic) bond motifs is 3. The Labute approximate surface area is 125 Å². The number of benzene rings is 1. The maximum Gasteiger partial charge on any atom is 0.256 e. The predicted molar refractivity (Wildman–Crippen MR) is 83.4 cm³/mol. The molecule has 1 aromatic carbocycles. The van der Waals surface area contributed by atoms with Gasteiger partial charge in [0, 0.05) is 24.2 Å². The first-order chi connectivity index (χ1) is 10.8. The Bertz CT molecular complexity index is 927. The summed E-state index contributed by atoms with van der Waals surface area (Å²) < 4.78 is 5.27. The monoisotopic (exact) mass is 292 g/mol. The zero-order valence-corrected chi connectivity index (χ0v) is 11.8. The average molecular weight is 292 g/mol. The summed E-state index contributed by atoms with van der Waals surface area (Å²) in [5, 5.41) is 2.86. The van der Waals surface area contributed by atoms with E-state index in [1.807, 2.05) is 18.2 Å². The molecule has 0 atom stereocenters. The molecule has 2 aromatic heterocycles. The van der Waals surface area contributed by atoms with Crippen LogP contribution in [-0.2, 0) is 4.79 Å². The molecular weight excluding hydrogens is 280 g/mol. The van der Waals surface area contributed by atoms with Crippen LogP contribution in [0.3, 0.4) is 0 Å². The lowest BCUT2D eigenvalue weighted by atomic mass is 10.0. The average Bonchev–Trinajstić information content (AvgIpc) is 3.12. The molecule has 2 N–H and O–H groups in total. The van der Waals surface area contributed by atoms with Crippen molar-refractivity contribution < 1.29 is 9.53 Å². The molecule has 0 saturated heterocycles. The van der Waals surface area contributed by atoms with E-state index in [0.29, 0.717) is 16.8 Å². The highest BCUT2D eigenvalue weighted by atomic mass is 16.5. The topological polar surface area (TPSA) is 79.9 Å². The summed E-state index contributed by atoms with van der Waals surface area (Å²) in [6, 6.07) is 5.50. The van der Waals surface area contributed by atoms with E-state index in [4.69, 9.17) is 4.74 Å². The Balaban J connectivity index is 1.97.